The Morgan fingerprint density at radius 1 is 1.35 bits per heavy atom. The second kappa shape index (κ2) is 6.37. The van der Waals surface area contributed by atoms with E-state index in [0.717, 1.165) is 5.56 Å². The fourth-order valence-electron chi connectivity index (χ4n) is 1.51. The van der Waals surface area contributed by atoms with Crippen molar-refractivity contribution in [2.45, 2.75) is 25.9 Å². The molecule has 0 aliphatic carbocycles. The van der Waals surface area contributed by atoms with Crippen molar-refractivity contribution >= 4 is 5.91 Å². The summed E-state index contributed by atoms with van der Waals surface area (Å²) in [6, 6.07) is 8.24. The lowest BCUT2D eigenvalue weighted by atomic mass is 10.0. The number of rotatable bonds is 5. The van der Waals surface area contributed by atoms with Gasteiger partial charge in [-0.25, -0.2) is 0 Å². The SMILES string of the molecule is CC(C)[C@@H](CO)NC(=O)[C@H](N)c1ccccc1. The van der Waals surface area contributed by atoms with Gasteiger partial charge >= 0.3 is 0 Å². The van der Waals surface area contributed by atoms with Gasteiger partial charge in [-0.05, 0) is 11.5 Å². The highest BCUT2D eigenvalue weighted by Crippen LogP contribution is 2.10. The van der Waals surface area contributed by atoms with E-state index in [2.05, 4.69) is 5.32 Å². The fraction of sp³-hybridized carbons (Fsp3) is 0.462. The van der Waals surface area contributed by atoms with Crippen LogP contribution in [0, 0.1) is 5.92 Å². The molecule has 94 valence electrons. The van der Waals surface area contributed by atoms with Crippen LogP contribution in [0.4, 0.5) is 0 Å². The molecular weight excluding hydrogens is 216 g/mol. The minimum atomic E-state index is -0.691. The quantitative estimate of drug-likeness (QED) is 0.708. The molecule has 4 heteroatoms. The molecular formula is C13H20N2O2. The smallest absolute Gasteiger partial charge is 0.241 e. The summed E-state index contributed by atoms with van der Waals surface area (Å²) in [5, 5.41) is 11.9. The van der Waals surface area contributed by atoms with Crippen molar-refractivity contribution in [3.8, 4) is 0 Å². The third-order valence-corrected chi connectivity index (χ3v) is 2.77. The summed E-state index contributed by atoms with van der Waals surface area (Å²) < 4.78 is 0. The van der Waals surface area contributed by atoms with Gasteiger partial charge in [0.2, 0.25) is 5.91 Å². The summed E-state index contributed by atoms with van der Waals surface area (Å²) in [5.74, 6) is -0.0872. The Labute approximate surface area is 102 Å². The van der Waals surface area contributed by atoms with E-state index in [1.165, 1.54) is 0 Å². The van der Waals surface area contributed by atoms with Crippen LogP contribution in [0.3, 0.4) is 0 Å². The lowest BCUT2D eigenvalue weighted by Gasteiger charge is -2.22. The Morgan fingerprint density at radius 2 is 1.94 bits per heavy atom. The van der Waals surface area contributed by atoms with E-state index in [1.807, 2.05) is 44.2 Å². The Bertz CT molecular complexity index is 352. The lowest BCUT2D eigenvalue weighted by molar-refractivity contribution is -0.123. The third kappa shape index (κ3) is 3.84. The highest BCUT2D eigenvalue weighted by molar-refractivity contribution is 5.83. The molecule has 0 saturated heterocycles. The number of aliphatic hydroxyl groups is 1. The predicted octanol–water partition coefficient (Wildman–Crippen LogP) is 0.819. The lowest BCUT2D eigenvalue weighted by Crippen LogP contribution is -2.45. The number of carbonyl (C=O) groups excluding carboxylic acids is 1. The van der Waals surface area contributed by atoms with Crippen molar-refractivity contribution in [1.82, 2.24) is 5.32 Å². The first-order valence-corrected chi connectivity index (χ1v) is 5.78. The molecule has 0 aliphatic rings. The summed E-state index contributed by atoms with van der Waals surface area (Å²) in [6.45, 7) is 3.80. The summed E-state index contributed by atoms with van der Waals surface area (Å²) in [4.78, 5) is 11.9. The molecule has 0 aromatic heterocycles. The standard InChI is InChI=1S/C13H20N2O2/c1-9(2)11(8-16)15-13(17)12(14)10-6-4-3-5-7-10/h3-7,9,11-12,16H,8,14H2,1-2H3,(H,15,17)/t11-,12-/m1/s1. The molecule has 1 aromatic carbocycles. The van der Waals surface area contributed by atoms with E-state index in [0.29, 0.717) is 0 Å². The summed E-state index contributed by atoms with van der Waals surface area (Å²) in [6.07, 6.45) is 0. The van der Waals surface area contributed by atoms with E-state index >= 15 is 0 Å². The van der Waals surface area contributed by atoms with E-state index in [1.54, 1.807) is 0 Å². The average Bonchev–Trinajstić information content (AvgIpc) is 2.35. The maximum atomic E-state index is 11.9. The van der Waals surface area contributed by atoms with E-state index in [4.69, 9.17) is 10.8 Å². The molecule has 4 N–H and O–H groups in total. The van der Waals surface area contributed by atoms with Gasteiger partial charge in [0.25, 0.3) is 0 Å². The molecule has 0 fully saturated rings. The van der Waals surface area contributed by atoms with Crippen molar-refractivity contribution in [3.63, 3.8) is 0 Å². The zero-order valence-electron chi connectivity index (χ0n) is 10.3. The van der Waals surface area contributed by atoms with Crippen molar-refractivity contribution in [3.05, 3.63) is 35.9 Å². The molecule has 1 rings (SSSR count). The number of benzene rings is 1. The van der Waals surface area contributed by atoms with Crippen LogP contribution in [0.15, 0.2) is 30.3 Å². The number of hydrogen-bond acceptors (Lipinski definition) is 3. The van der Waals surface area contributed by atoms with Crippen LogP contribution in [0.2, 0.25) is 0 Å². The monoisotopic (exact) mass is 236 g/mol. The van der Waals surface area contributed by atoms with Crippen LogP contribution in [-0.4, -0.2) is 23.7 Å². The number of hydrogen-bond donors (Lipinski definition) is 3. The van der Waals surface area contributed by atoms with Gasteiger partial charge in [0, 0.05) is 0 Å². The minimum absolute atomic E-state index is 0.0785. The van der Waals surface area contributed by atoms with Crippen LogP contribution in [-0.2, 0) is 4.79 Å². The number of carbonyl (C=O) groups is 1. The van der Waals surface area contributed by atoms with Crippen LogP contribution in [0.25, 0.3) is 0 Å². The van der Waals surface area contributed by atoms with E-state index < -0.39 is 6.04 Å². The topological polar surface area (TPSA) is 75.3 Å². The van der Waals surface area contributed by atoms with Gasteiger partial charge in [-0.2, -0.15) is 0 Å². The highest BCUT2D eigenvalue weighted by atomic mass is 16.3. The molecule has 1 amide bonds. The summed E-state index contributed by atoms with van der Waals surface area (Å²) in [5.41, 5.74) is 6.62. The molecule has 2 atom stereocenters. The molecule has 17 heavy (non-hydrogen) atoms. The molecule has 4 nitrogen and oxygen atoms in total. The van der Waals surface area contributed by atoms with Gasteiger partial charge in [0.1, 0.15) is 6.04 Å². The molecule has 0 heterocycles. The van der Waals surface area contributed by atoms with Gasteiger partial charge in [-0.1, -0.05) is 44.2 Å². The summed E-state index contributed by atoms with van der Waals surface area (Å²) in [7, 11) is 0. The zero-order chi connectivity index (χ0) is 12.8. The van der Waals surface area contributed by atoms with E-state index in [-0.39, 0.29) is 24.5 Å². The van der Waals surface area contributed by atoms with Gasteiger partial charge < -0.3 is 16.2 Å². The number of amides is 1. The van der Waals surface area contributed by atoms with Crippen LogP contribution < -0.4 is 11.1 Å². The van der Waals surface area contributed by atoms with E-state index in [9.17, 15) is 4.79 Å². The van der Waals surface area contributed by atoms with Crippen molar-refractivity contribution in [2.75, 3.05) is 6.61 Å². The second-order valence-electron chi connectivity index (χ2n) is 4.43. The molecule has 0 saturated carbocycles. The van der Waals surface area contributed by atoms with Crippen LogP contribution >= 0.6 is 0 Å². The first kappa shape index (κ1) is 13.7. The third-order valence-electron chi connectivity index (χ3n) is 2.77. The number of nitrogens with one attached hydrogen (secondary N) is 1. The predicted molar refractivity (Wildman–Crippen MR) is 67.2 cm³/mol. The van der Waals surface area contributed by atoms with Crippen LogP contribution in [0.5, 0.6) is 0 Å². The normalized spacial score (nSPS) is 14.4. The molecule has 0 aliphatic heterocycles. The molecule has 0 spiro atoms. The highest BCUT2D eigenvalue weighted by Gasteiger charge is 2.20. The zero-order valence-corrected chi connectivity index (χ0v) is 10.3. The molecule has 0 radical (unpaired) electrons. The van der Waals surface area contributed by atoms with Gasteiger partial charge in [0.15, 0.2) is 0 Å². The largest absolute Gasteiger partial charge is 0.394 e. The first-order chi connectivity index (χ1) is 8.06. The number of nitrogens with two attached hydrogens (primary N) is 1. The average molecular weight is 236 g/mol. The summed E-state index contributed by atoms with van der Waals surface area (Å²) >= 11 is 0. The fourth-order valence-corrected chi connectivity index (χ4v) is 1.51. The molecule has 0 bridgehead atoms. The second-order valence-corrected chi connectivity index (χ2v) is 4.43. The van der Waals surface area contributed by atoms with Gasteiger partial charge in [-0.15, -0.1) is 0 Å². The van der Waals surface area contributed by atoms with Crippen molar-refractivity contribution in [2.24, 2.45) is 11.7 Å². The van der Waals surface area contributed by atoms with Gasteiger partial charge in [0.05, 0.1) is 12.6 Å². The molecule has 1 aromatic rings. The van der Waals surface area contributed by atoms with Crippen molar-refractivity contribution in [1.29, 1.82) is 0 Å². The Balaban J connectivity index is 2.64. The Morgan fingerprint density at radius 3 is 2.41 bits per heavy atom. The Hall–Kier alpha value is -1.39. The maximum Gasteiger partial charge on any atom is 0.241 e. The van der Waals surface area contributed by atoms with Crippen LogP contribution in [0.1, 0.15) is 25.5 Å². The van der Waals surface area contributed by atoms with Crippen molar-refractivity contribution < 1.29 is 9.90 Å². The van der Waals surface area contributed by atoms with Gasteiger partial charge in [-0.3, -0.25) is 4.79 Å². The first-order valence-electron chi connectivity index (χ1n) is 5.78. The Kier molecular flexibility index (Phi) is 5.12. The minimum Gasteiger partial charge on any atom is -0.394 e. The maximum absolute atomic E-state index is 11.9. The molecule has 0 unspecified atom stereocenters. The number of aliphatic hydroxyl groups excluding tert-OH is 1.